The summed E-state index contributed by atoms with van der Waals surface area (Å²) in [6.45, 7) is 14.1. The number of furan rings is 1. The standard InChI is InChI=1S/C44H37BN2O/c1-43(2,3)26-19-21-34-32(24-26)45-33-25-27(44(4,5)6)23-31-29-20-22-38-39(30-15-10-11-18-37(30)48-38)42(29)47(41(31)33)36-17-12-16-35(40(36)45)46(34)28-13-8-7-9-14-28/h7-25H,1-6H3. The van der Waals surface area contributed by atoms with E-state index >= 15 is 0 Å². The Bertz CT molecular complexity index is 2650. The Hall–Kier alpha value is -5.22. The van der Waals surface area contributed by atoms with Crippen molar-refractivity contribution in [1.82, 2.24) is 4.57 Å². The van der Waals surface area contributed by atoms with E-state index in [0.717, 1.165) is 16.6 Å². The molecule has 0 unspecified atom stereocenters. The van der Waals surface area contributed by atoms with Gasteiger partial charge in [-0.15, -0.1) is 0 Å². The monoisotopic (exact) mass is 620 g/mol. The zero-order chi connectivity index (χ0) is 32.7. The van der Waals surface area contributed by atoms with Crippen LogP contribution in [0.3, 0.4) is 0 Å². The molecule has 0 amide bonds. The highest BCUT2D eigenvalue weighted by Gasteiger charge is 2.43. The maximum absolute atomic E-state index is 6.49. The first-order chi connectivity index (χ1) is 23.1. The van der Waals surface area contributed by atoms with E-state index in [-0.39, 0.29) is 17.5 Å². The van der Waals surface area contributed by atoms with E-state index in [4.69, 9.17) is 4.42 Å². The van der Waals surface area contributed by atoms with Gasteiger partial charge in [0.15, 0.2) is 0 Å². The third kappa shape index (κ3) is 3.61. The highest BCUT2D eigenvalue weighted by atomic mass is 16.3. The number of rotatable bonds is 1. The van der Waals surface area contributed by atoms with E-state index in [1.807, 2.05) is 0 Å². The van der Waals surface area contributed by atoms with Crippen LogP contribution in [0.5, 0.6) is 0 Å². The fourth-order valence-electron chi connectivity index (χ4n) is 8.51. The molecule has 0 radical (unpaired) electrons. The lowest BCUT2D eigenvalue weighted by Gasteiger charge is -2.41. The summed E-state index contributed by atoms with van der Waals surface area (Å²) < 4.78 is 9.07. The summed E-state index contributed by atoms with van der Waals surface area (Å²) in [4.78, 5) is 2.49. The maximum Gasteiger partial charge on any atom is 0.252 e. The van der Waals surface area contributed by atoms with E-state index in [0.29, 0.717) is 0 Å². The van der Waals surface area contributed by atoms with Gasteiger partial charge in [-0.25, -0.2) is 0 Å². The lowest BCUT2D eigenvalue weighted by molar-refractivity contribution is 0.591. The molecule has 2 aliphatic rings. The van der Waals surface area contributed by atoms with Crippen LogP contribution in [-0.2, 0) is 10.8 Å². The predicted octanol–water partition coefficient (Wildman–Crippen LogP) is 9.89. The van der Waals surface area contributed by atoms with Crippen molar-refractivity contribution in [2.45, 2.75) is 52.4 Å². The van der Waals surface area contributed by atoms with Crippen LogP contribution in [0.1, 0.15) is 52.7 Å². The Kier molecular flexibility index (Phi) is 5.36. The van der Waals surface area contributed by atoms with Gasteiger partial charge in [-0.3, -0.25) is 0 Å². The van der Waals surface area contributed by atoms with Crippen LogP contribution in [0, 0.1) is 0 Å². The summed E-state index contributed by atoms with van der Waals surface area (Å²) in [7, 11) is 0. The molecule has 0 aliphatic carbocycles. The smallest absolute Gasteiger partial charge is 0.252 e. The predicted molar refractivity (Wildman–Crippen MR) is 205 cm³/mol. The largest absolute Gasteiger partial charge is 0.456 e. The van der Waals surface area contributed by atoms with Crippen LogP contribution in [0.4, 0.5) is 17.1 Å². The van der Waals surface area contributed by atoms with Gasteiger partial charge >= 0.3 is 0 Å². The number of aromatic nitrogens is 1. The molecular formula is C44H37BN2O. The Morgan fingerprint density at radius 1 is 0.521 bits per heavy atom. The molecule has 0 N–H and O–H groups in total. The minimum Gasteiger partial charge on any atom is -0.456 e. The molecule has 2 aromatic heterocycles. The lowest BCUT2D eigenvalue weighted by atomic mass is 9.33. The zero-order valence-corrected chi connectivity index (χ0v) is 28.3. The molecule has 6 aromatic carbocycles. The fraction of sp³-hybridized carbons (Fsp3) is 0.182. The van der Waals surface area contributed by atoms with Crippen molar-refractivity contribution in [3.8, 4) is 5.69 Å². The second kappa shape index (κ2) is 9.23. The number of fused-ring (bicyclic) bond motifs is 11. The van der Waals surface area contributed by atoms with Gasteiger partial charge in [0.2, 0.25) is 0 Å². The van der Waals surface area contributed by atoms with Gasteiger partial charge in [0.1, 0.15) is 11.2 Å². The fourth-order valence-corrected chi connectivity index (χ4v) is 8.51. The zero-order valence-electron chi connectivity index (χ0n) is 28.3. The van der Waals surface area contributed by atoms with E-state index in [1.165, 1.54) is 77.5 Å². The van der Waals surface area contributed by atoms with Crippen LogP contribution in [0.15, 0.2) is 120 Å². The van der Waals surface area contributed by atoms with Gasteiger partial charge < -0.3 is 13.9 Å². The number of para-hydroxylation sites is 2. The number of hydrogen-bond donors (Lipinski definition) is 0. The minimum atomic E-state index is -0.0217. The molecule has 10 rings (SSSR count). The van der Waals surface area contributed by atoms with Crippen molar-refractivity contribution in [3.05, 3.63) is 126 Å². The Labute approximate surface area is 281 Å². The highest BCUT2D eigenvalue weighted by molar-refractivity contribution is 7.00. The topological polar surface area (TPSA) is 21.3 Å². The first-order valence-corrected chi connectivity index (χ1v) is 17.2. The van der Waals surface area contributed by atoms with Crippen molar-refractivity contribution < 1.29 is 4.42 Å². The van der Waals surface area contributed by atoms with Crippen molar-refractivity contribution in [2.24, 2.45) is 0 Å². The molecule has 0 atom stereocenters. The van der Waals surface area contributed by atoms with Crippen LogP contribution in [-0.4, -0.2) is 11.3 Å². The van der Waals surface area contributed by atoms with Crippen LogP contribution in [0.2, 0.25) is 0 Å². The average molecular weight is 621 g/mol. The normalized spacial score (nSPS) is 14.0. The van der Waals surface area contributed by atoms with E-state index in [9.17, 15) is 0 Å². The van der Waals surface area contributed by atoms with Gasteiger partial charge in [0.05, 0.1) is 10.9 Å². The number of anilines is 3. The van der Waals surface area contributed by atoms with Gasteiger partial charge in [-0.2, -0.15) is 0 Å². The molecule has 0 bridgehead atoms. The third-order valence-corrected chi connectivity index (χ3v) is 10.9. The van der Waals surface area contributed by atoms with E-state index < -0.39 is 0 Å². The first-order valence-electron chi connectivity index (χ1n) is 17.2. The highest BCUT2D eigenvalue weighted by Crippen LogP contribution is 2.45. The minimum absolute atomic E-state index is 0.0203. The summed E-state index contributed by atoms with van der Waals surface area (Å²) in [5.74, 6) is 0. The Balaban J connectivity index is 1.44. The summed E-state index contributed by atoms with van der Waals surface area (Å²) in [6.07, 6.45) is 0. The Morgan fingerprint density at radius 2 is 1.25 bits per heavy atom. The van der Waals surface area contributed by atoms with Crippen LogP contribution in [0.25, 0.3) is 49.4 Å². The quantitative estimate of drug-likeness (QED) is 0.170. The number of hydrogen-bond acceptors (Lipinski definition) is 2. The number of nitrogens with zero attached hydrogens (tertiary/aromatic N) is 2. The second-order valence-electron chi connectivity index (χ2n) is 15.8. The van der Waals surface area contributed by atoms with Crippen LogP contribution >= 0.6 is 0 Å². The van der Waals surface area contributed by atoms with Gasteiger partial charge in [0, 0.05) is 44.4 Å². The van der Waals surface area contributed by atoms with Crippen LogP contribution < -0.4 is 21.3 Å². The number of benzene rings is 6. The summed E-state index contributed by atoms with van der Waals surface area (Å²) in [5, 5.41) is 4.93. The first kappa shape index (κ1) is 27.9. The van der Waals surface area contributed by atoms with Crippen molar-refractivity contribution >= 4 is 83.9 Å². The van der Waals surface area contributed by atoms with Gasteiger partial charge in [-0.05, 0) is 92.9 Å². The molecule has 0 fully saturated rings. The third-order valence-electron chi connectivity index (χ3n) is 10.9. The SMILES string of the molecule is CC(C)(C)c1ccc2c(c1)B1c3c(cccc3-n3c4c1cc(C(C)(C)C)cc4c1ccc4oc5ccccc5c4c13)N2c1ccccc1. The van der Waals surface area contributed by atoms with Crippen molar-refractivity contribution in [1.29, 1.82) is 0 Å². The molecule has 3 nitrogen and oxygen atoms in total. The summed E-state index contributed by atoms with van der Waals surface area (Å²) in [6, 6.07) is 42.9. The van der Waals surface area contributed by atoms with Gasteiger partial charge in [-0.1, -0.05) is 102 Å². The molecule has 8 aromatic rings. The molecule has 4 heterocycles. The maximum atomic E-state index is 6.49. The molecule has 0 spiro atoms. The molecule has 0 saturated heterocycles. The molecule has 48 heavy (non-hydrogen) atoms. The summed E-state index contributed by atoms with van der Waals surface area (Å²) >= 11 is 0. The van der Waals surface area contributed by atoms with E-state index in [2.05, 4.69) is 166 Å². The lowest BCUT2D eigenvalue weighted by Crippen LogP contribution is -2.60. The van der Waals surface area contributed by atoms with Crippen molar-refractivity contribution in [3.63, 3.8) is 0 Å². The summed E-state index contributed by atoms with van der Waals surface area (Å²) in [5.41, 5.74) is 16.2. The molecule has 0 saturated carbocycles. The van der Waals surface area contributed by atoms with E-state index in [1.54, 1.807) is 0 Å². The second-order valence-corrected chi connectivity index (χ2v) is 15.8. The molecule has 232 valence electrons. The molecular weight excluding hydrogens is 583 g/mol. The molecule has 2 aliphatic heterocycles. The van der Waals surface area contributed by atoms with Gasteiger partial charge in [0.25, 0.3) is 6.71 Å². The average Bonchev–Trinajstić information content (AvgIpc) is 3.62. The Morgan fingerprint density at radius 3 is 2.04 bits per heavy atom. The van der Waals surface area contributed by atoms with Crippen molar-refractivity contribution in [2.75, 3.05) is 4.90 Å². The molecule has 4 heteroatoms.